The lowest BCUT2D eigenvalue weighted by atomic mass is 9.43. The summed E-state index contributed by atoms with van der Waals surface area (Å²) in [5, 5.41) is 0. The molecule has 4 rings (SSSR count). The van der Waals surface area contributed by atoms with E-state index in [1.807, 2.05) is 6.92 Å². The van der Waals surface area contributed by atoms with Gasteiger partial charge in [-0.05, 0) is 103 Å². The minimum atomic E-state index is -5.06. The topological polar surface area (TPSA) is 191 Å². The Morgan fingerprint density at radius 3 is 1.77 bits per heavy atom. The van der Waals surface area contributed by atoms with Gasteiger partial charge in [-0.25, -0.2) is 12.5 Å². The molecule has 0 saturated heterocycles. The number of rotatable bonds is 11. The molecule has 252 valence electrons. The van der Waals surface area contributed by atoms with E-state index >= 15 is 0 Å². The standard InChI is InChI=1S/C28H50O12S3/c1-16(2)17(3)7-8-18(4)20-9-10-21-19-13-24(38-41(29,30)31)23-14-25(39-42(32,33)34)26(40-43(35,36)37)15-28(23,6)22(19)11-12-27(20,21)5/h16-26H,7-15H2,1-6H3,(H,29,30,31)(H,32,33,34)(H,35,36,37)/t17-,18+,19?,20+,21?,22?,23+,24-,25-,26-,27+,28+/m0/s1. The van der Waals surface area contributed by atoms with Gasteiger partial charge in [0.15, 0.2) is 0 Å². The summed E-state index contributed by atoms with van der Waals surface area (Å²) in [7, 11) is -15.0. The quantitative estimate of drug-likeness (QED) is 0.245. The highest BCUT2D eigenvalue weighted by Gasteiger charge is 2.65. The van der Waals surface area contributed by atoms with Crippen molar-refractivity contribution in [1.82, 2.24) is 0 Å². The molecule has 0 aliphatic heterocycles. The van der Waals surface area contributed by atoms with Gasteiger partial charge >= 0.3 is 31.2 Å². The maximum atomic E-state index is 12.0. The minimum absolute atomic E-state index is 0.00367. The molecular weight excluding hydrogens is 624 g/mol. The highest BCUT2D eigenvalue weighted by molar-refractivity contribution is 7.81. The third-order valence-electron chi connectivity index (χ3n) is 12.3. The van der Waals surface area contributed by atoms with Crippen LogP contribution in [0.5, 0.6) is 0 Å². The van der Waals surface area contributed by atoms with Crippen molar-refractivity contribution in [3.8, 4) is 0 Å². The molecule has 0 aromatic rings. The Kier molecular flexibility index (Phi) is 10.2. The van der Waals surface area contributed by atoms with E-state index in [4.69, 9.17) is 12.5 Å². The van der Waals surface area contributed by atoms with E-state index in [0.717, 1.165) is 38.5 Å². The molecule has 0 aromatic heterocycles. The van der Waals surface area contributed by atoms with Gasteiger partial charge in [0.05, 0.1) is 6.10 Å². The van der Waals surface area contributed by atoms with Gasteiger partial charge in [0.25, 0.3) is 0 Å². The molecule has 4 aliphatic rings. The highest BCUT2D eigenvalue weighted by atomic mass is 32.3. The van der Waals surface area contributed by atoms with Gasteiger partial charge in [0.1, 0.15) is 12.2 Å². The summed E-state index contributed by atoms with van der Waals surface area (Å²) >= 11 is 0. The lowest BCUT2D eigenvalue weighted by molar-refractivity contribution is -0.184. The van der Waals surface area contributed by atoms with E-state index in [0.29, 0.717) is 30.1 Å². The van der Waals surface area contributed by atoms with Crippen LogP contribution in [0.25, 0.3) is 0 Å². The van der Waals surface area contributed by atoms with E-state index in [1.165, 1.54) is 0 Å². The molecule has 0 amide bonds. The Balaban J connectivity index is 1.67. The minimum Gasteiger partial charge on any atom is -0.264 e. The Morgan fingerprint density at radius 1 is 0.674 bits per heavy atom. The zero-order chi connectivity index (χ0) is 32.3. The van der Waals surface area contributed by atoms with Crippen molar-refractivity contribution >= 4 is 31.2 Å². The van der Waals surface area contributed by atoms with E-state index in [-0.39, 0.29) is 36.0 Å². The van der Waals surface area contributed by atoms with E-state index in [9.17, 15) is 38.9 Å². The van der Waals surface area contributed by atoms with Crippen molar-refractivity contribution in [3.63, 3.8) is 0 Å². The molecule has 4 saturated carbocycles. The van der Waals surface area contributed by atoms with Crippen molar-refractivity contribution in [3.05, 3.63) is 0 Å². The second-order valence-electron chi connectivity index (χ2n) is 14.9. The number of hydrogen-bond donors (Lipinski definition) is 3. The van der Waals surface area contributed by atoms with Gasteiger partial charge in [-0.1, -0.05) is 54.4 Å². The molecule has 43 heavy (non-hydrogen) atoms. The van der Waals surface area contributed by atoms with Crippen LogP contribution in [0.1, 0.15) is 99.3 Å². The summed E-state index contributed by atoms with van der Waals surface area (Å²) in [6.45, 7) is 13.4. The first-order chi connectivity index (χ1) is 19.5. The largest absolute Gasteiger partial charge is 0.397 e. The molecule has 12 nitrogen and oxygen atoms in total. The van der Waals surface area contributed by atoms with Gasteiger partial charge in [-0.2, -0.15) is 25.3 Å². The fourth-order valence-electron chi connectivity index (χ4n) is 10.1. The van der Waals surface area contributed by atoms with Crippen LogP contribution in [0.3, 0.4) is 0 Å². The number of fused-ring (bicyclic) bond motifs is 5. The fraction of sp³-hybridized carbons (Fsp3) is 1.00. The van der Waals surface area contributed by atoms with Gasteiger partial charge in [-0.15, -0.1) is 0 Å². The van der Waals surface area contributed by atoms with E-state index in [2.05, 4.69) is 34.6 Å². The lowest BCUT2D eigenvalue weighted by Gasteiger charge is -2.63. The molecule has 0 bridgehead atoms. The maximum absolute atomic E-state index is 12.0. The summed E-state index contributed by atoms with van der Waals surface area (Å²) in [4.78, 5) is 0. The third kappa shape index (κ3) is 7.78. The molecule has 0 heterocycles. The van der Waals surface area contributed by atoms with Gasteiger partial charge in [0, 0.05) is 0 Å². The summed E-state index contributed by atoms with van der Waals surface area (Å²) in [6.07, 6.45) is 1.99. The molecule has 15 heteroatoms. The highest BCUT2D eigenvalue weighted by Crippen LogP contribution is 2.69. The monoisotopic (exact) mass is 674 g/mol. The van der Waals surface area contributed by atoms with Crippen molar-refractivity contribution in [2.24, 2.45) is 58.2 Å². The predicted molar refractivity (Wildman–Crippen MR) is 158 cm³/mol. The smallest absolute Gasteiger partial charge is 0.264 e. The first-order valence-corrected chi connectivity index (χ1v) is 19.6. The van der Waals surface area contributed by atoms with Gasteiger partial charge in [-0.3, -0.25) is 13.7 Å². The third-order valence-corrected chi connectivity index (χ3v) is 13.8. The summed E-state index contributed by atoms with van der Waals surface area (Å²) in [6, 6.07) is 0. The Labute approximate surface area is 257 Å². The molecule has 0 spiro atoms. The summed E-state index contributed by atoms with van der Waals surface area (Å²) < 4.78 is 114. The van der Waals surface area contributed by atoms with E-state index in [1.54, 1.807) is 0 Å². The molecule has 0 aromatic carbocycles. The van der Waals surface area contributed by atoms with Crippen LogP contribution < -0.4 is 0 Å². The molecule has 0 radical (unpaired) electrons. The van der Waals surface area contributed by atoms with Crippen molar-refractivity contribution in [2.45, 2.75) is 118 Å². The van der Waals surface area contributed by atoms with Crippen LogP contribution in [0.15, 0.2) is 0 Å². The Hall–Kier alpha value is -0.390. The van der Waals surface area contributed by atoms with E-state index < -0.39 is 60.8 Å². The van der Waals surface area contributed by atoms with Crippen LogP contribution in [0.4, 0.5) is 0 Å². The first kappa shape index (κ1) is 35.5. The second-order valence-corrected chi connectivity index (χ2v) is 18.0. The fourth-order valence-corrected chi connectivity index (χ4v) is 11.6. The molecule has 3 N–H and O–H groups in total. The molecular formula is C28H50O12S3. The lowest BCUT2D eigenvalue weighted by Crippen LogP contribution is -2.62. The predicted octanol–water partition coefficient (Wildman–Crippen LogP) is 5.14. The zero-order valence-electron chi connectivity index (χ0n) is 26.0. The maximum Gasteiger partial charge on any atom is 0.397 e. The molecule has 4 fully saturated rings. The molecule has 12 atom stereocenters. The van der Waals surface area contributed by atoms with Gasteiger partial charge < -0.3 is 0 Å². The van der Waals surface area contributed by atoms with Crippen LogP contribution in [-0.4, -0.2) is 57.2 Å². The van der Waals surface area contributed by atoms with Crippen LogP contribution in [0, 0.1) is 58.2 Å². The van der Waals surface area contributed by atoms with Crippen molar-refractivity contribution < 1.29 is 51.5 Å². The normalized spacial score (nSPS) is 41.7. The van der Waals surface area contributed by atoms with Crippen LogP contribution >= 0.6 is 0 Å². The van der Waals surface area contributed by atoms with Crippen molar-refractivity contribution in [1.29, 1.82) is 0 Å². The zero-order valence-corrected chi connectivity index (χ0v) is 28.4. The van der Waals surface area contributed by atoms with Crippen molar-refractivity contribution in [2.75, 3.05) is 0 Å². The summed E-state index contributed by atoms with van der Waals surface area (Å²) in [5.74, 6) is 1.84. The number of hydrogen-bond acceptors (Lipinski definition) is 9. The molecule has 3 unspecified atom stereocenters. The summed E-state index contributed by atoms with van der Waals surface area (Å²) in [5.41, 5.74) is -0.798. The first-order valence-electron chi connectivity index (χ1n) is 15.5. The van der Waals surface area contributed by atoms with Crippen LogP contribution in [-0.2, 0) is 43.7 Å². The average Bonchev–Trinajstić information content (AvgIpc) is 3.18. The SMILES string of the molecule is CC(C)[C@@H](C)CC[C@@H](C)[C@H]1CCC2C3C[C@H](OS(=O)(=O)O)[C@H]4C[C@H](OS(=O)(=O)O)[C@@H](OS(=O)(=O)O)C[C@]4(C)C3CC[C@@]21C. The van der Waals surface area contributed by atoms with Gasteiger partial charge in [0.2, 0.25) is 0 Å². The Morgan fingerprint density at radius 2 is 1.21 bits per heavy atom. The van der Waals surface area contributed by atoms with Crippen LogP contribution in [0.2, 0.25) is 0 Å². The second kappa shape index (κ2) is 12.3. The molecule has 4 aliphatic carbocycles. The Bertz CT molecular complexity index is 1330. The average molecular weight is 675 g/mol.